The lowest BCUT2D eigenvalue weighted by molar-refractivity contribution is 0.239. The van der Waals surface area contributed by atoms with Gasteiger partial charge in [0.2, 0.25) is 5.43 Å². The molecule has 2 rings (SSSR count). The van der Waals surface area contributed by atoms with Crippen molar-refractivity contribution in [1.82, 2.24) is 0 Å². The topological polar surface area (TPSA) is 26.3 Å². The first-order chi connectivity index (χ1) is 7.61. The molecule has 16 heavy (non-hydrogen) atoms. The lowest BCUT2D eigenvalue weighted by Crippen LogP contribution is -2.20. The van der Waals surface area contributed by atoms with E-state index in [0.717, 1.165) is 11.1 Å². The molecule has 0 spiro atoms. The molecule has 0 radical (unpaired) electrons. The van der Waals surface area contributed by atoms with Gasteiger partial charge in [-0.2, -0.15) is 0 Å². The van der Waals surface area contributed by atoms with Crippen LogP contribution >= 0.6 is 12.2 Å². The zero-order valence-electron chi connectivity index (χ0n) is 9.19. The van der Waals surface area contributed by atoms with E-state index in [1.54, 1.807) is 0 Å². The average molecular weight is 232 g/mol. The standard InChI is InChI=1S/C13H12O2S/c1-8(2)15-12-10(13(16)11(12)14)9-6-4-3-5-7-9/h3-8H,1-2H3. The maximum Gasteiger partial charge on any atom is 0.239 e. The molecule has 0 saturated carbocycles. The largest absolute Gasteiger partial charge is 0.486 e. The number of hydrogen-bond acceptors (Lipinski definition) is 3. The van der Waals surface area contributed by atoms with Crippen LogP contribution in [0.4, 0.5) is 0 Å². The highest BCUT2D eigenvalue weighted by Crippen LogP contribution is 2.31. The smallest absolute Gasteiger partial charge is 0.239 e. The van der Waals surface area contributed by atoms with Gasteiger partial charge in [-0.05, 0) is 19.4 Å². The molecule has 2 nitrogen and oxygen atoms in total. The fraction of sp³-hybridized carbons (Fsp3) is 0.231. The van der Waals surface area contributed by atoms with Crippen LogP contribution in [0.2, 0.25) is 0 Å². The van der Waals surface area contributed by atoms with Gasteiger partial charge in [0.1, 0.15) is 4.51 Å². The van der Waals surface area contributed by atoms with Crippen LogP contribution in [0.1, 0.15) is 13.8 Å². The molecule has 0 unspecified atom stereocenters. The second-order valence-electron chi connectivity index (χ2n) is 3.90. The van der Waals surface area contributed by atoms with Gasteiger partial charge in [0, 0.05) is 0 Å². The summed E-state index contributed by atoms with van der Waals surface area (Å²) in [5, 5.41) is 0. The van der Waals surface area contributed by atoms with Gasteiger partial charge in [-0.3, -0.25) is 4.79 Å². The minimum atomic E-state index is -0.150. The van der Waals surface area contributed by atoms with Crippen molar-refractivity contribution >= 4 is 12.2 Å². The number of hydrogen-bond donors (Lipinski definition) is 0. The molecule has 0 aliphatic heterocycles. The van der Waals surface area contributed by atoms with E-state index in [4.69, 9.17) is 17.0 Å². The van der Waals surface area contributed by atoms with Crippen molar-refractivity contribution in [3.8, 4) is 16.9 Å². The van der Waals surface area contributed by atoms with Crippen LogP contribution in [-0.4, -0.2) is 6.10 Å². The summed E-state index contributed by atoms with van der Waals surface area (Å²) >= 11 is 5.05. The van der Waals surface area contributed by atoms with Gasteiger partial charge < -0.3 is 4.74 Å². The molecule has 0 atom stereocenters. The molecule has 0 N–H and O–H groups in total. The number of benzene rings is 1. The predicted molar refractivity (Wildman–Crippen MR) is 67.1 cm³/mol. The first kappa shape index (κ1) is 11.0. The SMILES string of the molecule is CC(C)Oc1c(-c2ccccc2)c(=S)c1=O. The summed E-state index contributed by atoms with van der Waals surface area (Å²) in [5.74, 6) is 0.409. The fourth-order valence-corrected chi connectivity index (χ4v) is 1.89. The van der Waals surface area contributed by atoms with E-state index in [1.165, 1.54) is 0 Å². The molecule has 0 aliphatic carbocycles. The fourth-order valence-electron chi connectivity index (χ4n) is 1.59. The average Bonchev–Trinajstić information content (AvgIpc) is 2.29. The van der Waals surface area contributed by atoms with E-state index >= 15 is 0 Å². The van der Waals surface area contributed by atoms with Crippen molar-refractivity contribution in [2.24, 2.45) is 0 Å². The molecular weight excluding hydrogens is 220 g/mol. The van der Waals surface area contributed by atoms with Crippen molar-refractivity contribution in [2.45, 2.75) is 20.0 Å². The van der Waals surface area contributed by atoms with Crippen LogP contribution in [-0.2, 0) is 0 Å². The molecule has 2 aromatic rings. The lowest BCUT2D eigenvalue weighted by atomic mass is 10.0. The molecule has 0 fully saturated rings. The van der Waals surface area contributed by atoms with E-state index in [1.807, 2.05) is 44.2 Å². The van der Waals surface area contributed by atoms with Gasteiger partial charge in [0.05, 0.1) is 11.7 Å². The summed E-state index contributed by atoms with van der Waals surface area (Å²) in [6.45, 7) is 3.79. The quantitative estimate of drug-likeness (QED) is 0.761. The highest BCUT2D eigenvalue weighted by molar-refractivity contribution is 7.71. The minimum absolute atomic E-state index is 0.0132. The molecule has 0 bridgehead atoms. The summed E-state index contributed by atoms with van der Waals surface area (Å²) in [6, 6.07) is 9.62. The number of rotatable bonds is 3. The van der Waals surface area contributed by atoms with Crippen molar-refractivity contribution in [3.05, 3.63) is 45.1 Å². The van der Waals surface area contributed by atoms with E-state index in [0.29, 0.717) is 10.3 Å². The molecule has 0 saturated heterocycles. The van der Waals surface area contributed by atoms with Gasteiger partial charge in [-0.25, -0.2) is 0 Å². The highest BCUT2D eigenvalue weighted by Gasteiger charge is 2.21. The Kier molecular flexibility index (Phi) is 2.88. The Morgan fingerprint density at radius 3 is 2.38 bits per heavy atom. The maximum atomic E-state index is 11.6. The van der Waals surface area contributed by atoms with Crippen molar-refractivity contribution in [1.29, 1.82) is 0 Å². The third-order valence-corrected chi connectivity index (χ3v) is 2.67. The molecule has 3 heteroatoms. The maximum absolute atomic E-state index is 11.6. The molecule has 0 heterocycles. The summed E-state index contributed by atoms with van der Waals surface area (Å²) in [7, 11) is 0. The van der Waals surface area contributed by atoms with Gasteiger partial charge in [0.15, 0.2) is 5.75 Å². The van der Waals surface area contributed by atoms with Crippen molar-refractivity contribution < 1.29 is 4.74 Å². The van der Waals surface area contributed by atoms with Crippen LogP contribution in [0.25, 0.3) is 11.1 Å². The third kappa shape index (κ3) is 1.78. The lowest BCUT2D eigenvalue weighted by Gasteiger charge is -2.16. The zero-order valence-corrected chi connectivity index (χ0v) is 10.0. The highest BCUT2D eigenvalue weighted by atomic mass is 32.1. The van der Waals surface area contributed by atoms with Crippen LogP contribution in [0.15, 0.2) is 35.1 Å². The Bertz CT molecular complexity index is 563. The normalized spacial score (nSPS) is 10.9. The first-order valence-electron chi connectivity index (χ1n) is 5.16. The summed E-state index contributed by atoms with van der Waals surface area (Å²) in [6.07, 6.45) is -0.0132. The second kappa shape index (κ2) is 4.18. The summed E-state index contributed by atoms with van der Waals surface area (Å²) in [4.78, 5) is 11.6. The second-order valence-corrected chi connectivity index (χ2v) is 4.30. The van der Waals surface area contributed by atoms with Gasteiger partial charge in [-0.15, -0.1) is 0 Å². The van der Waals surface area contributed by atoms with Crippen LogP contribution in [0.5, 0.6) is 5.75 Å². The van der Waals surface area contributed by atoms with Crippen LogP contribution in [0.3, 0.4) is 0 Å². The van der Waals surface area contributed by atoms with E-state index < -0.39 is 0 Å². The third-order valence-electron chi connectivity index (χ3n) is 2.28. The molecule has 82 valence electrons. The van der Waals surface area contributed by atoms with Crippen LogP contribution in [0, 0.1) is 4.51 Å². The summed E-state index contributed by atoms with van der Waals surface area (Å²) in [5.41, 5.74) is 1.57. The first-order valence-corrected chi connectivity index (χ1v) is 5.57. The predicted octanol–water partition coefficient (Wildman–Crippen LogP) is 3.11. The molecule has 0 amide bonds. The minimum Gasteiger partial charge on any atom is -0.486 e. The van der Waals surface area contributed by atoms with Gasteiger partial charge in [0.25, 0.3) is 0 Å². The molecular formula is C13H12O2S. The van der Waals surface area contributed by atoms with E-state index in [2.05, 4.69) is 0 Å². The van der Waals surface area contributed by atoms with Crippen molar-refractivity contribution in [3.63, 3.8) is 0 Å². The van der Waals surface area contributed by atoms with E-state index in [-0.39, 0.29) is 11.5 Å². The monoisotopic (exact) mass is 232 g/mol. The molecule has 0 aromatic heterocycles. The Morgan fingerprint density at radius 1 is 1.19 bits per heavy atom. The Balaban J connectivity index is 2.47. The Morgan fingerprint density at radius 2 is 1.81 bits per heavy atom. The van der Waals surface area contributed by atoms with Gasteiger partial charge in [-0.1, -0.05) is 42.5 Å². The Hall–Kier alpha value is -1.48. The Labute approximate surface area is 99.2 Å². The molecule has 2 aromatic carbocycles. The van der Waals surface area contributed by atoms with E-state index in [9.17, 15) is 4.79 Å². The van der Waals surface area contributed by atoms with Crippen molar-refractivity contribution in [2.75, 3.05) is 0 Å². The number of ether oxygens (including phenoxy) is 1. The molecule has 0 aliphatic rings. The zero-order chi connectivity index (χ0) is 11.7. The van der Waals surface area contributed by atoms with Gasteiger partial charge >= 0.3 is 0 Å². The van der Waals surface area contributed by atoms with Crippen LogP contribution < -0.4 is 10.2 Å². The summed E-state index contributed by atoms with van der Waals surface area (Å²) < 4.78 is 5.86.